The Balaban J connectivity index is 1.81. The van der Waals surface area contributed by atoms with Gasteiger partial charge in [-0.3, -0.25) is 5.10 Å². The van der Waals surface area contributed by atoms with Gasteiger partial charge in [0.05, 0.1) is 24.6 Å². The first-order valence-corrected chi connectivity index (χ1v) is 5.53. The van der Waals surface area contributed by atoms with Crippen molar-refractivity contribution in [3.05, 3.63) is 36.5 Å². The lowest BCUT2D eigenvalue weighted by molar-refractivity contribution is -0.212. The van der Waals surface area contributed by atoms with Crippen LogP contribution in [0.5, 0.6) is 0 Å². The molecule has 0 aliphatic heterocycles. The molecular formula is C10H8F3N7. The highest BCUT2D eigenvalue weighted by Crippen LogP contribution is 2.24. The van der Waals surface area contributed by atoms with Gasteiger partial charge in [-0.1, -0.05) is 5.21 Å². The third-order valence-corrected chi connectivity index (χ3v) is 2.57. The fraction of sp³-hybridized carbons (Fsp3) is 0.200. The number of H-pyrrole nitrogens is 1. The van der Waals surface area contributed by atoms with Crippen LogP contribution in [0, 0.1) is 0 Å². The Morgan fingerprint density at radius 1 is 1.25 bits per heavy atom. The summed E-state index contributed by atoms with van der Waals surface area (Å²) in [4.78, 5) is 0. The Kier molecular flexibility index (Phi) is 2.77. The molecule has 7 nitrogen and oxygen atoms in total. The number of rotatable bonds is 3. The van der Waals surface area contributed by atoms with E-state index in [9.17, 15) is 13.2 Å². The number of hydrogen-bond acceptors (Lipinski definition) is 4. The molecule has 0 aliphatic rings. The summed E-state index contributed by atoms with van der Waals surface area (Å²) in [5.74, 6) is 0. The molecule has 10 heteroatoms. The minimum Gasteiger partial charge on any atom is -0.281 e. The van der Waals surface area contributed by atoms with E-state index in [1.807, 2.05) is 0 Å². The maximum Gasteiger partial charge on any atom is 0.504 e. The van der Waals surface area contributed by atoms with Crippen molar-refractivity contribution in [1.82, 2.24) is 35.0 Å². The van der Waals surface area contributed by atoms with Crippen LogP contribution in [-0.4, -0.2) is 35.0 Å². The second-order valence-electron chi connectivity index (χ2n) is 4.02. The molecule has 3 heterocycles. The molecule has 0 aliphatic carbocycles. The molecule has 0 bridgehead atoms. The summed E-state index contributed by atoms with van der Waals surface area (Å²) in [6.45, 7) is 0.403. The second kappa shape index (κ2) is 4.47. The molecule has 1 N–H and O–H groups in total. The molecule has 0 amide bonds. The maximum atomic E-state index is 12.4. The molecule has 104 valence electrons. The van der Waals surface area contributed by atoms with E-state index >= 15 is 0 Å². The van der Waals surface area contributed by atoms with Gasteiger partial charge in [0.2, 0.25) is 0 Å². The molecule has 0 aromatic carbocycles. The molecule has 20 heavy (non-hydrogen) atoms. The summed E-state index contributed by atoms with van der Waals surface area (Å²) in [6, 6.07) is 1.77. The molecule has 3 aromatic rings. The first-order chi connectivity index (χ1) is 9.52. The Hall–Kier alpha value is -2.65. The van der Waals surface area contributed by atoms with E-state index in [1.165, 1.54) is 4.68 Å². The van der Waals surface area contributed by atoms with Crippen LogP contribution in [0.2, 0.25) is 0 Å². The third kappa shape index (κ3) is 2.39. The highest BCUT2D eigenvalue weighted by atomic mass is 19.4. The van der Waals surface area contributed by atoms with Crippen LogP contribution in [0.1, 0.15) is 5.69 Å². The number of aromatic nitrogens is 7. The van der Waals surface area contributed by atoms with Gasteiger partial charge in [0, 0.05) is 18.0 Å². The van der Waals surface area contributed by atoms with E-state index in [-0.39, 0.29) is 10.2 Å². The summed E-state index contributed by atoms with van der Waals surface area (Å²) >= 11 is 0. The average molecular weight is 283 g/mol. The summed E-state index contributed by atoms with van der Waals surface area (Å²) in [5, 5.41) is 17.5. The van der Waals surface area contributed by atoms with Crippen LogP contribution >= 0.6 is 0 Å². The van der Waals surface area contributed by atoms with Crippen LogP contribution in [0.25, 0.3) is 11.3 Å². The predicted molar refractivity (Wildman–Crippen MR) is 60.2 cm³/mol. The molecular weight excluding hydrogens is 275 g/mol. The molecule has 0 spiro atoms. The SMILES string of the molecule is FC(F)(F)n1cc(-c2cn(Cc3ccn[nH]3)nn2)cn1. The maximum absolute atomic E-state index is 12.4. The largest absolute Gasteiger partial charge is 0.504 e. The molecule has 3 aromatic heterocycles. The Labute approximate surface area is 110 Å². The van der Waals surface area contributed by atoms with Crippen LogP contribution < -0.4 is 0 Å². The van der Waals surface area contributed by atoms with E-state index < -0.39 is 6.30 Å². The van der Waals surface area contributed by atoms with Crippen molar-refractivity contribution < 1.29 is 13.2 Å². The Morgan fingerprint density at radius 2 is 2.10 bits per heavy atom. The number of halogens is 3. The summed E-state index contributed by atoms with van der Waals surface area (Å²) in [6.07, 6.45) is 0.561. The van der Waals surface area contributed by atoms with Crippen LogP contribution in [0.3, 0.4) is 0 Å². The van der Waals surface area contributed by atoms with Gasteiger partial charge < -0.3 is 0 Å². The van der Waals surface area contributed by atoms with Crippen molar-refractivity contribution in [3.8, 4) is 11.3 Å². The number of alkyl halides is 3. The van der Waals surface area contributed by atoms with Gasteiger partial charge in [0.1, 0.15) is 5.69 Å². The first kappa shape index (κ1) is 12.4. The second-order valence-corrected chi connectivity index (χ2v) is 4.02. The molecule has 0 fully saturated rings. The zero-order chi connectivity index (χ0) is 14.2. The van der Waals surface area contributed by atoms with Gasteiger partial charge >= 0.3 is 6.30 Å². The van der Waals surface area contributed by atoms with E-state index in [2.05, 4.69) is 25.6 Å². The number of hydrogen-bond donors (Lipinski definition) is 1. The van der Waals surface area contributed by atoms with Crippen molar-refractivity contribution in [2.24, 2.45) is 0 Å². The fourth-order valence-corrected chi connectivity index (χ4v) is 1.65. The van der Waals surface area contributed by atoms with Crippen LogP contribution in [0.15, 0.2) is 30.9 Å². The quantitative estimate of drug-likeness (QED) is 0.788. The smallest absolute Gasteiger partial charge is 0.281 e. The lowest BCUT2D eigenvalue weighted by atomic mass is 10.3. The zero-order valence-corrected chi connectivity index (χ0v) is 9.91. The lowest BCUT2D eigenvalue weighted by Crippen LogP contribution is -2.16. The van der Waals surface area contributed by atoms with Gasteiger partial charge in [0.15, 0.2) is 0 Å². The van der Waals surface area contributed by atoms with E-state index in [4.69, 9.17) is 0 Å². The fourth-order valence-electron chi connectivity index (χ4n) is 1.65. The third-order valence-electron chi connectivity index (χ3n) is 2.57. The lowest BCUT2D eigenvalue weighted by Gasteiger charge is -2.03. The van der Waals surface area contributed by atoms with E-state index in [0.29, 0.717) is 12.2 Å². The Morgan fingerprint density at radius 3 is 2.75 bits per heavy atom. The monoisotopic (exact) mass is 283 g/mol. The molecule has 0 unspecified atom stereocenters. The predicted octanol–water partition coefficient (Wildman–Crippen LogP) is 1.39. The highest BCUT2D eigenvalue weighted by molar-refractivity contribution is 5.55. The number of nitrogens with zero attached hydrogens (tertiary/aromatic N) is 6. The highest BCUT2D eigenvalue weighted by Gasteiger charge is 2.31. The minimum atomic E-state index is -4.54. The summed E-state index contributed by atoms with van der Waals surface area (Å²) in [7, 11) is 0. The van der Waals surface area contributed by atoms with Crippen molar-refractivity contribution in [3.63, 3.8) is 0 Å². The summed E-state index contributed by atoms with van der Waals surface area (Å²) < 4.78 is 38.7. The van der Waals surface area contributed by atoms with Gasteiger partial charge in [-0.2, -0.15) is 14.9 Å². The van der Waals surface area contributed by atoms with Crippen molar-refractivity contribution >= 4 is 0 Å². The van der Waals surface area contributed by atoms with Crippen molar-refractivity contribution in [2.45, 2.75) is 12.8 Å². The average Bonchev–Trinajstić information content (AvgIpc) is 3.08. The van der Waals surface area contributed by atoms with E-state index in [1.54, 1.807) is 18.5 Å². The van der Waals surface area contributed by atoms with Crippen molar-refractivity contribution in [2.75, 3.05) is 0 Å². The topological polar surface area (TPSA) is 77.2 Å². The first-order valence-electron chi connectivity index (χ1n) is 5.53. The van der Waals surface area contributed by atoms with Crippen LogP contribution in [0.4, 0.5) is 13.2 Å². The van der Waals surface area contributed by atoms with Gasteiger partial charge in [-0.25, -0.2) is 4.68 Å². The minimum absolute atomic E-state index is 0.0732. The van der Waals surface area contributed by atoms with Gasteiger partial charge in [-0.05, 0) is 6.07 Å². The molecule has 0 atom stereocenters. The molecule has 3 rings (SSSR count). The summed E-state index contributed by atoms with van der Waals surface area (Å²) in [5.41, 5.74) is 1.38. The van der Waals surface area contributed by atoms with Gasteiger partial charge in [-0.15, -0.1) is 18.3 Å². The normalized spacial score (nSPS) is 11.9. The Bertz CT molecular complexity index is 695. The van der Waals surface area contributed by atoms with Crippen LogP contribution in [-0.2, 0) is 12.8 Å². The standard InChI is InChI=1S/C10H8F3N7/c11-10(12,13)20-4-7(3-15-20)9-6-19(18-17-9)5-8-1-2-14-16-8/h1-4,6H,5H2,(H,14,16). The number of aromatic amines is 1. The zero-order valence-electron chi connectivity index (χ0n) is 9.91. The van der Waals surface area contributed by atoms with Gasteiger partial charge in [0.25, 0.3) is 0 Å². The molecule has 0 saturated carbocycles. The molecule has 0 radical (unpaired) electrons. The van der Waals surface area contributed by atoms with Crippen molar-refractivity contribution in [1.29, 1.82) is 0 Å². The van der Waals surface area contributed by atoms with E-state index in [0.717, 1.165) is 18.1 Å². The number of nitrogens with one attached hydrogen (secondary N) is 1. The molecule has 0 saturated heterocycles.